The summed E-state index contributed by atoms with van der Waals surface area (Å²) in [6.07, 6.45) is 1.36. The van der Waals surface area contributed by atoms with Crippen LogP contribution in [0.2, 0.25) is 0 Å². The van der Waals surface area contributed by atoms with Crippen LogP contribution in [0.4, 0.5) is 21.7 Å². The number of carbonyl (C=O) groups excluding carboxylic acids is 1. The number of fused-ring (bicyclic) bond motifs is 1. The quantitative estimate of drug-likeness (QED) is 0.417. The van der Waals surface area contributed by atoms with Gasteiger partial charge in [0.15, 0.2) is 11.6 Å². The number of nitrogens with zero attached hydrogens (tertiary/aromatic N) is 4. The second kappa shape index (κ2) is 10.0. The third-order valence-electron chi connectivity index (χ3n) is 5.74. The van der Waals surface area contributed by atoms with Crippen LogP contribution in [0, 0.1) is 5.82 Å². The molecule has 3 heterocycles. The summed E-state index contributed by atoms with van der Waals surface area (Å²) in [4.78, 5) is 32.3. The molecule has 11 heteroatoms. The number of halogens is 1. The van der Waals surface area contributed by atoms with Crippen molar-refractivity contribution in [3.63, 3.8) is 0 Å². The highest BCUT2D eigenvalue weighted by molar-refractivity contribution is 6.03. The Labute approximate surface area is 199 Å². The standard InChI is InChI=1S/C24H23FN6O4/c25-17-3-6-20-19(15-17)27-22(24(33)31(20)9-8-30-10-13-34-14-11-30)26-18-4-1-16(2-5-18)23(32)28-21-7-12-35-29-21/h1-7,12,15H,8-11,13-14H2,(H,26,27)(H,28,29,32). The van der Waals surface area contributed by atoms with E-state index in [1.54, 1.807) is 34.9 Å². The number of aromatic nitrogens is 3. The Morgan fingerprint density at radius 1 is 1.06 bits per heavy atom. The predicted molar refractivity (Wildman–Crippen MR) is 127 cm³/mol. The van der Waals surface area contributed by atoms with Gasteiger partial charge in [-0.15, -0.1) is 0 Å². The molecular formula is C24H23FN6O4. The zero-order chi connectivity index (χ0) is 24.2. The highest BCUT2D eigenvalue weighted by Crippen LogP contribution is 2.18. The normalized spacial score (nSPS) is 14.2. The first kappa shape index (κ1) is 22.7. The highest BCUT2D eigenvalue weighted by Gasteiger charge is 2.16. The average molecular weight is 478 g/mol. The number of rotatable bonds is 7. The van der Waals surface area contributed by atoms with Gasteiger partial charge in [0.05, 0.1) is 24.2 Å². The van der Waals surface area contributed by atoms with Gasteiger partial charge >= 0.3 is 0 Å². The maximum Gasteiger partial charge on any atom is 0.294 e. The molecule has 4 aromatic rings. The molecule has 0 radical (unpaired) electrons. The van der Waals surface area contributed by atoms with Gasteiger partial charge in [0.2, 0.25) is 0 Å². The van der Waals surface area contributed by atoms with Crippen molar-refractivity contribution in [1.29, 1.82) is 0 Å². The van der Waals surface area contributed by atoms with Crippen LogP contribution in [0.15, 0.2) is 64.1 Å². The minimum Gasteiger partial charge on any atom is -0.379 e. The molecular weight excluding hydrogens is 455 g/mol. The molecule has 1 amide bonds. The van der Waals surface area contributed by atoms with Crippen LogP contribution in [0.3, 0.4) is 0 Å². The number of benzene rings is 2. The van der Waals surface area contributed by atoms with Crippen LogP contribution in [0.25, 0.3) is 11.0 Å². The minimum absolute atomic E-state index is 0.0740. The summed E-state index contributed by atoms with van der Waals surface area (Å²) in [6, 6.07) is 12.3. The Hall–Kier alpha value is -4.09. The van der Waals surface area contributed by atoms with Crippen molar-refractivity contribution in [1.82, 2.24) is 19.6 Å². The van der Waals surface area contributed by atoms with E-state index in [0.29, 0.717) is 54.4 Å². The summed E-state index contributed by atoms with van der Waals surface area (Å²) in [5.41, 5.74) is 1.58. The summed E-state index contributed by atoms with van der Waals surface area (Å²) >= 11 is 0. The van der Waals surface area contributed by atoms with E-state index in [9.17, 15) is 14.0 Å². The number of carbonyl (C=O) groups is 1. The van der Waals surface area contributed by atoms with Gasteiger partial charge in [-0.1, -0.05) is 5.16 Å². The largest absolute Gasteiger partial charge is 0.379 e. The highest BCUT2D eigenvalue weighted by atomic mass is 19.1. The lowest BCUT2D eigenvalue weighted by Crippen LogP contribution is -2.39. The number of hydrogen-bond acceptors (Lipinski definition) is 8. The fourth-order valence-corrected chi connectivity index (χ4v) is 3.90. The monoisotopic (exact) mass is 478 g/mol. The molecule has 1 aliphatic heterocycles. The molecule has 5 rings (SSSR count). The molecule has 0 atom stereocenters. The zero-order valence-corrected chi connectivity index (χ0v) is 18.7. The number of ether oxygens (including phenoxy) is 1. The first-order valence-corrected chi connectivity index (χ1v) is 11.2. The molecule has 180 valence electrons. The first-order valence-electron chi connectivity index (χ1n) is 11.2. The molecule has 2 aromatic carbocycles. The van der Waals surface area contributed by atoms with Gasteiger partial charge in [0, 0.05) is 49.6 Å². The van der Waals surface area contributed by atoms with Crippen molar-refractivity contribution in [3.05, 3.63) is 76.5 Å². The third kappa shape index (κ3) is 5.20. The van der Waals surface area contributed by atoms with Gasteiger partial charge < -0.3 is 24.5 Å². The summed E-state index contributed by atoms with van der Waals surface area (Å²) in [7, 11) is 0. The lowest BCUT2D eigenvalue weighted by Gasteiger charge is -2.27. The van der Waals surface area contributed by atoms with Gasteiger partial charge in [0.1, 0.15) is 12.1 Å². The third-order valence-corrected chi connectivity index (χ3v) is 5.74. The smallest absolute Gasteiger partial charge is 0.294 e. The van der Waals surface area contributed by atoms with E-state index in [0.717, 1.165) is 13.1 Å². The van der Waals surface area contributed by atoms with Gasteiger partial charge in [-0.05, 0) is 36.4 Å². The molecule has 2 N–H and O–H groups in total. The summed E-state index contributed by atoms with van der Waals surface area (Å²) in [5.74, 6) is -0.403. The maximum absolute atomic E-state index is 13.9. The van der Waals surface area contributed by atoms with Crippen LogP contribution >= 0.6 is 0 Å². The van der Waals surface area contributed by atoms with Gasteiger partial charge in [-0.2, -0.15) is 0 Å². The molecule has 35 heavy (non-hydrogen) atoms. The average Bonchev–Trinajstić information content (AvgIpc) is 3.38. The van der Waals surface area contributed by atoms with Crippen molar-refractivity contribution < 1.29 is 18.4 Å². The van der Waals surface area contributed by atoms with Crippen molar-refractivity contribution >= 4 is 34.3 Å². The summed E-state index contributed by atoms with van der Waals surface area (Å²) in [5, 5.41) is 9.28. The van der Waals surface area contributed by atoms with Crippen molar-refractivity contribution in [2.45, 2.75) is 6.54 Å². The minimum atomic E-state index is -0.434. The Morgan fingerprint density at radius 2 is 1.86 bits per heavy atom. The summed E-state index contributed by atoms with van der Waals surface area (Å²) in [6.45, 7) is 4.02. The lowest BCUT2D eigenvalue weighted by atomic mass is 10.2. The van der Waals surface area contributed by atoms with Crippen molar-refractivity contribution in [2.24, 2.45) is 0 Å². The van der Waals surface area contributed by atoms with E-state index in [2.05, 4.69) is 25.7 Å². The Kier molecular flexibility index (Phi) is 6.51. The second-order valence-corrected chi connectivity index (χ2v) is 8.05. The fraction of sp³-hybridized carbons (Fsp3) is 0.250. The predicted octanol–water partition coefficient (Wildman–Crippen LogP) is 2.85. The molecule has 2 aromatic heterocycles. The molecule has 0 bridgehead atoms. The van der Waals surface area contributed by atoms with Crippen molar-refractivity contribution in [2.75, 3.05) is 43.5 Å². The maximum atomic E-state index is 13.9. The molecule has 0 spiro atoms. The van der Waals surface area contributed by atoms with Crippen molar-refractivity contribution in [3.8, 4) is 0 Å². The Morgan fingerprint density at radius 3 is 2.60 bits per heavy atom. The van der Waals surface area contributed by atoms with Gasteiger partial charge in [-0.3, -0.25) is 14.5 Å². The van der Waals surface area contributed by atoms with Gasteiger partial charge in [0.25, 0.3) is 11.5 Å². The number of nitrogens with one attached hydrogen (secondary N) is 2. The van der Waals surface area contributed by atoms with Crippen LogP contribution in [-0.4, -0.2) is 58.4 Å². The van der Waals surface area contributed by atoms with Crippen LogP contribution in [0.1, 0.15) is 10.4 Å². The Bertz CT molecular complexity index is 1380. The van der Waals surface area contributed by atoms with E-state index in [1.807, 2.05) is 0 Å². The Balaban J connectivity index is 1.38. The zero-order valence-electron chi connectivity index (χ0n) is 18.7. The van der Waals surface area contributed by atoms with Crippen LogP contribution < -0.4 is 16.2 Å². The first-order chi connectivity index (χ1) is 17.1. The molecule has 0 unspecified atom stereocenters. The fourth-order valence-electron chi connectivity index (χ4n) is 3.90. The van der Waals surface area contributed by atoms with E-state index in [4.69, 9.17) is 9.26 Å². The number of hydrogen-bond donors (Lipinski definition) is 2. The lowest BCUT2D eigenvalue weighted by molar-refractivity contribution is 0.0364. The van der Waals surface area contributed by atoms with E-state index in [1.165, 1.54) is 24.5 Å². The molecule has 10 nitrogen and oxygen atoms in total. The van der Waals surface area contributed by atoms with E-state index < -0.39 is 5.82 Å². The molecule has 0 saturated carbocycles. The molecule has 1 saturated heterocycles. The summed E-state index contributed by atoms with van der Waals surface area (Å²) < 4.78 is 25.6. The van der Waals surface area contributed by atoms with Crippen LogP contribution in [-0.2, 0) is 11.3 Å². The second-order valence-electron chi connectivity index (χ2n) is 8.05. The topological polar surface area (TPSA) is 115 Å². The number of morpholine rings is 1. The molecule has 1 aliphatic rings. The SMILES string of the molecule is O=C(Nc1ccon1)c1ccc(Nc2nc3cc(F)ccc3n(CCN3CCOCC3)c2=O)cc1. The van der Waals surface area contributed by atoms with E-state index >= 15 is 0 Å². The van der Waals surface area contributed by atoms with Crippen LogP contribution in [0.5, 0.6) is 0 Å². The molecule has 1 fully saturated rings. The number of amides is 1. The van der Waals surface area contributed by atoms with E-state index in [-0.39, 0.29) is 17.3 Å². The van der Waals surface area contributed by atoms with Gasteiger partial charge in [-0.25, -0.2) is 9.37 Å². The number of anilines is 3. The molecule has 0 aliphatic carbocycles.